The number of sulfonamides is 1. The highest BCUT2D eigenvalue weighted by Crippen LogP contribution is 2.49. The van der Waals surface area contributed by atoms with E-state index >= 15 is 0 Å². The molecule has 2 aromatic carbocycles. The number of nitrogens with one attached hydrogen (secondary N) is 2. The molecule has 6 nitrogen and oxygen atoms in total. The minimum absolute atomic E-state index is 0.0204. The molecule has 0 spiro atoms. The van der Waals surface area contributed by atoms with Crippen LogP contribution in [0.3, 0.4) is 0 Å². The molecule has 2 aromatic rings. The number of carbonyl (C=O) groups excluding carboxylic acids is 1. The second-order valence-corrected chi connectivity index (χ2v) is 10.2. The molecule has 2 fully saturated rings. The average Bonchev–Trinajstić information content (AvgIpc) is 3.37. The van der Waals surface area contributed by atoms with Crippen molar-refractivity contribution < 1.29 is 13.2 Å². The minimum atomic E-state index is -3.36. The molecular weight excluding hydrogens is 398 g/mol. The maximum absolute atomic E-state index is 13.4. The van der Waals surface area contributed by atoms with Gasteiger partial charge in [0.2, 0.25) is 15.9 Å². The Hall–Kier alpha value is -2.38. The number of nitrogens with zero attached hydrogens (tertiary/aromatic N) is 1. The van der Waals surface area contributed by atoms with E-state index in [9.17, 15) is 13.2 Å². The molecule has 1 atom stereocenters. The van der Waals surface area contributed by atoms with Crippen LogP contribution in [0.25, 0.3) is 0 Å². The van der Waals surface area contributed by atoms with E-state index in [1.807, 2.05) is 24.3 Å². The number of carbonyl (C=O) groups is 1. The zero-order chi connectivity index (χ0) is 21.2. The van der Waals surface area contributed by atoms with Gasteiger partial charge in [0.05, 0.1) is 17.7 Å². The lowest BCUT2D eigenvalue weighted by atomic mass is 9.93. The van der Waals surface area contributed by atoms with Crippen LogP contribution in [0.15, 0.2) is 54.6 Å². The summed E-state index contributed by atoms with van der Waals surface area (Å²) in [5.41, 5.74) is 1.89. The molecule has 30 heavy (non-hydrogen) atoms. The van der Waals surface area contributed by atoms with Gasteiger partial charge in [-0.25, -0.2) is 8.42 Å². The summed E-state index contributed by atoms with van der Waals surface area (Å²) in [5, 5.41) is 3.31. The van der Waals surface area contributed by atoms with E-state index < -0.39 is 15.4 Å². The SMILES string of the molecule is CS(=O)(=O)Nc1cccc(C2(C(=O)N[C@H](CN3CCCC3)c3ccccc3)CC2)c1. The zero-order valence-electron chi connectivity index (χ0n) is 17.3. The van der Waals surface area contributed by atoms with Gasteiger partial charge in [0, 0.05) is 12.2 Å². The molecule has 7 heteroatoms. The van der Waals surface area contributed by atoms with E-state index in [2.05, 4.69) is 27.1 Å². The summed E-state index contributed by atoms with van der Waals surface area (Å²) in [6.45, 7) is 2.95. The first kappa shape index (κ1) is 20.9. The maximum atomic E-state index is 13.4. The van der Waals surface area contributed by atoms with Gasteiger partial charge in [0.25, 0.3) is 0 Å². The molecule has 0 bridgehead atoms. The van der Waals surface area contributed by atoms with E-state index in [0.29, 0.717) is 5.69 Å². The van der Waals surface area contributed by atoms with Crippen LogP contribution in [0.2, 0.25) is 0 Å². The third-order valence-corrected chi connectivity index (χ3v) is 6.66. The summed E-state index contributed by atoms with van der Waals surface area (Å²) in [6, 6.07) is 17.3. The molecule has 1 aliphatic carbocycles. The number of hydrogen-bond donors (Lipinski definition) is 2. The molecule has 0 aromatic heterocycles. The predicted molar refractivity (Wildman–Crippen MR) is 119 cm³/mol. The van der Waals surface area contributed by atoms with Gasteiger partial charge in [-0.05, 0) is 62.0 Å². The third-order valence-electron chi connectivity index (χ3n) is 6.05. The Labute approximate surface area is 178 Å². The van der Waals surface area contributed by atoms with Crippen molar-refractivity contribution in [3.8, 4) is 0 Å². The summed E-state index contributed by atoms with van der Waals surface area (Å²) in [7, 11) is -3.36. The summed E-state index contributed by atoms with van der Waals surface area (Å²) >= 11 is 0. The quantitative estimate of drug-likeness (QED) is 0.679. The molecule has 4 rings (SSSR count). The van der Waals surface area contributed by atoms with Crippen molar-refractivity contribution in [2.75, 3.05) is 30.6 Å². The monoisotopic (exact) mass is 427 g/mol. The Morgan fingerprint density at radius 2 is 1.77 bits per heavy atom. The number of likely N-dealkylation sites (tertiary alicyclic amines) is 1. The van der Waals surface area contributed by atoms with Crippen LogP contribution in [0.1, 0.15) is 42.9 Å². The fourth-order valence-electron chi connectivity index (χ4n) is 4.31. The molecule has 1 saturated heterocycles. The smallest absolute Gasteiger partial charge is 0.231 e. The fraction of sp³-hybridized carbons (Fsp3) is 0.435. The lowest BCUT2D eigenvalue weighted by Gasteiger charge is -2.27. The molecule has 1 saturated carbocycles. The molecule has 0 unspecified atom stereocenters. The summed E-state index contributed by atoms with van der Waals surface area (Å²) in [5.74, 6) is 0.0204. The van der Waals surface area contributed by atoms with Crippen molar-refractivity contribution in [2.24, 2.45) is 0 Å². The topological polar surface area (TPSA) is 78.5 Å². The molecule has 2 aliphatic rings. The summed E-state index contributed by atoms with van der Waals surface area (Å²) in [4.78, 5) is 15.8. The fourth-order valence-corrected chi connectivity index (χ4v) is 4.86. The maximum Gasteiger partial charge on any atom is 0.231 e. The average molecular weight is 428 g/mol. The molecule has 1 amide bonds. The molecule has 1 aliphatic heterocycles. The van der Waals surface area contributed by atoms with Crippen LogP contribution >= 0.6 is 0 Å². The highest BCUT2D eigenvalue weighted by molar-refractivity contribution is 7.92. The van der Waals surface area contributed by atoms with Crippen molar-refractivity contribution in [3.63, 3.8) is 0 Å². The zero-order valence-corrected chi connectivity index (χ0v) is 18.1. The third kappa shape index (κ3) is 4.84. The van der Waals surface area contributed by atoms with Gasteiger partial charge < -0.3 is 10.2 Å². The van der Waals surface area contributed by atoms with Gasteiger partial charge in [-0.2, -0.15) is 0 Å². The Bertz CT molecular complexity index is 997. The summed E-state index contributed by atoms with van der Waals surface area (Å²) < 4.78 is 25.7. The molecule has 0 radical (unpaired) electrons. The van der Waals surface area contributed by atoms with Gasteiger partial charge in [-0.15, -0.1) is 0 Å². The number of amides is 1. The van der Waals surface area contributed by atoms with Crippen molar-refractivity contribution >= 4 is 21.6 Å². The number of anilines is 1. The molecular formula is C23H29N3O3S. The van der Waals surface area contributed by atoms with Crippen LogP contribution in [0.4, 0.5) is 5.69 Å². The van der Waals surface area contributed by atoms with E-state index in [1.54, 1.807) is 18.2 Å². The first-order valence-electron chi connectivity index (χ1n) is 10.5. The molecule has 160 valence electrons. The van der Waals surface area contributed by atoms with Gasteiger partial charge >= 0.3 is 0 Å². The standard InChI is InChI=1S/C23H29N3O3S/c1-30(28,29)25-20-11-7-10-19(16-20)23(12-13-23)22(27)24-21(17-26-14-5-6-15-26)18-8-3-2-4-9-18/h2-4,7-11,16,21,25H,5-6,12-15,17H2,1H3,(H,24,27)/t21-/m1/s1. The highest BCUT2D eigenvalue weighted by atomic mass is 32.2. The Morgan fingerprint density at radius 3 is 2.40 bits per heavy atom. The van der Waals surface area contributed by atoms with Gasteiger partial charge in [-0.3, -0.25) is 9.52 Å². The van der Waals surface area contributed by atoms with Crippen LogP contribution in [0.5, 0.6) is 0 Å². The second-order valence-electron chi connectivity index (χ2n) is 8.48. The highest BCUT2D eigenvalue weighted by Gasteiger charge is 2.51. The normalized spacial score (nSPS) is 19.2. The van der Waals surface area contributed by atoms with E-state index in [4.69, 9.17) is 0 Å². The second kappa shape index (κ2) is 8.40. The lowest BCUT2D eigenvalue weighted by Crippen LogP contribution is -2.41. The Morgan fingerprint density at radius 1 is 1.07 bits per heavy atom. The van der Waals surface area contributed by atoms with Crippen molar-refractivity contribution in [3.05, 3.63) is 65.7 Å². The van der Waals surface area contributed by atoms with Crippen molar-refractivity contribution in [2.45, 2.75) is 37.1 Å². The van der Waals surface area contributed by atoms with Crippen LogP contribution in [0, 0.1) is 0 Å². The lowest BCUT2D eigenvalue weighted by molar-refractivity contribution is -0.124. The Balaban J connectivity index is 1.54. The first-order valence-corrected chi connectivity index (χ1v) is 12.4. The Kier molecular flexibility index (Phi) is 5.84. The summed E-state index contributed by atoms with van der Waals surface area (Å²) in [6.07, 6.45) is 5.08. The number of hydrogen-bond acceptors (Lipinski definition) is 4. The van der Waals surface area contributed by atoms with E-state index in [0.717, 1.165) is 49.9 Å². The van der Waals surface area contributed by atoms with Gasteiger partial charge in [0.15, 0.2) is 0 Å². The largest absolute Gasteiger partial charge is 0.347 e. The van der Waals surface area contributed by atoms with Crippen LogP contribution in [-0.4, -0.2) is 45.1 Å². The first-order chi connectivity index (χ1) is 14.4. The molecule has 1 heterocycles. The van der Waals surface area contributed by atoms with Crippen molar-refractivity contribution in [1.29, 1.82) is 0 Å². The van der Waals surface area contributed by atoms with Crippen molar-refractivity contribution in [1.82, 2.24) is 10.2 Å². The molecule has 2 N–H and O–H groups in total. The number of benzene rings is 2. The predicted octanol–water partition coefficient (Wildman–Crippen LogP) is 3.04. The van der Waals surface area contributed by atoms with E-state index in [-0.39, 0.29) is 11.9 Å². The van der Waals surface area contributed by atoms with Gasteiger partial charge in [-0.1, -0.05) is 42.5 Å². The van der Waals surface area contributed by atoms with E-state index in [1.165, 1.54) is 12.8 Å². The number of rotatable bonds is 8. The van der Waals surface area contributed by atoms with Gasteiger partial charge in [0.1, 0.15) is 0 Å². The van der Waals surface area contributed by atoms with Crippen LogP contribution < -0.4 is 10.0 Å². The van der Waals surface area contributed by atoms with Crippen LogP contribution in [-0.2, 0) is 20.2 Å². The minimum Gasteiger partial charge on any atom is -0.347 e.